The van der Waals surface area contributed by atoms with Gasteiger partial charge in [0.1, 0.15) is 11.3 Å². The Labute approximate surface area is 146 Å². The van der Waals surface area contributed by atoms with Gasteiger partial charge >= 0.3 is 0 Å². The number of benzene rings is 2. The first-order chi connectivity index (χ1) is 11.9. The molecule has 0 bridgehead atoms. The summed E-state index contributed by atoms with van der Waals surface area (Å²) in [4.78, 5) is 37.4. The van der Waals surface area contributed by atoms with Crippen LogP contribution in [0.4, 0.5) is 5.69 Å². The van der Waals surface area contributed by atoms with Crippen LogP contribution in [0.1, 0.15) is 12.5 Å². The number of ether oxygens (including phenoxy) is 1. The van der Waals surface area contributed by atoms with E-state index in [4.69, 9.17) is 10.5 Å². The number of rotatable bonds is 8. The number of methoxy groups -OCH3 is 1. The highest BCUT2D eigenvalue weighted by atomic mass is 16.5. The summed E-state index contributed by atoms with van der Waals surface area (Å²) in [5.41, 5.74) is 4.95. The molecule has 0 fully saturated rings. The number of primary amides is 1. The predicted octanol–water partition coefficient (Wildman–Crippen LogP) is 1.71. The van der Waals surface area contributed by atoms with Crippen LogP contribution in [0.2, 0.25) is 0 Å². The summed E-state index contributed by atoms with van der Waals surface area (Å²) in [5, 5.41) is 0. The lowest BCUT2D eigenvalue weighted by molar-refractivity contribution is -0.139. The first-order valence-corrected chi connectivity index (χ1v) is 7.70. The molecule has 0 aromatic heterocycles. The van der Waals surface area contributed by atoms with Crippen molar-refractivity contribution in [2.24, 2.45) is 5.73 Å². The standard InChI is InChI=1S/C19H20N2O4/c1-19(17(23)18(20)24,12-14-8-4-3-5-9-14)21(13-22)15-10-6-7-11-16(15)25-2/h3-11,13H,12H2,1-2H3,(H2,20,24). The van der Waals surface area contributed by atoms with E-state index in [9.17, 15) is 14.4 Å². The van der Waals surface area contributed by atoms with Crippen LogP contribution in [0.15, 0.2) is 54.6 Å². The molecule has 0 saturated carbocycles. The van der Waals surface area contributed by atoms with Gasteiger partial charge in [-0.3, -0.25) is 19.3 Å². The van der Waals surface area contributed by atoms with Crippen molar-refractivity contribution in [2.45, 2.75) is 18.9 Å². The summed E-state index contributed by atoms with van der Waals surface area (Å²) >= 11 is 0. The second kappa shape index (κ2) is 7.61. The third-order valence-corrected chi connectivity index (χ3v) is 4.09. The van der Waals surface area contributed by atoms with Crippen molar-refractivity contribution in [3.8, 4) is 5.75 Å². The Hall–Kier alpha value is -3.15. The first kappa shape index (κ1) is 18.2. The minimum atomic E-state index is -1.48. The molecule has 0 aliphatic rings. The van der Waals surface area contributed by atoms with Gasteiger partial charge in [-0.15, -0.1) is 0 Å². The summed E-state index contributed by atoms with van der Waals surface area (Å²) in [6, 6.07) is 15.9. The lowest BCUT2D eigenvalue weighted by Gasteiger charge is -2.37. The van der Waals surface area contributed by atoms with Crippen LogP contribution in [-0.2, 0) is 20.8 Å². The number of Topliss-reactive ketones (excluding diaryl/α,β-unsaturated/α-hetero) is 1. The normalized spacial score (nSPS) is 12.7. The third kappa shape index (κ3) is 3.68. The van der Waals surface area contributed by atoms with Crippen molar-refractivity contribution >= 4 is 23.8 Å². The van der Waals surface area contributed by atoms with E-state index in [1.165, 1.54) is 18.9 Å². The summed E-state index contributed by atoms with van der Waals surface area (Å²) in [7, 11) is 1.46. The molecule has 2 amide bonds. The van der Waals surface area contributed by atoms with Gasteiger partial charge in [0, 0.05) is 6.42 Å². The Morgan fingerprint density at radius 3 is 2.28 bits per heavy atom. The molecule has 0 spiro atoms. The zero-order valence-corrected chi connectivity index (χ0v) is 14.1. The largest absolute Gasteiger partial charge is 0.495 e. The number of amides is 2. The zero-order valence-electron chi connectivity index (χ0n) is 14.1. The average molecular weight is 340 g/mol. The summed E-state index contributed by atoms with van der Waals surface area (Å²) in [6.07, 6.45) is 0.647. The number of nitrogens with two attached hydrogens (primary N) is 1. The molecule has 1 unspecified atom stereocenters. The van der Waals surface area contributed by atoms with E-state index in [0.717, 1.165) is 5.56 Å². The average Bonchev–Trinajstić information content (AvgIpc) is 2.62. The Kier molecular flexibility index (Phi) is 5.54. The number of carbonyl (C=O) groups is 3. The fourth-order valence-corrected chi connectivity index (χ4v) is 2.80. The molecule has 2 rings (SSSR count). The maximum absolute atomic E-state index is 12.6. The Morgan fingerprint density at radius 1 is 1.12 bits per heavy atom. The Balaban J connectivity index is 2.58. The molecule has 6 heteroatoms. The van der Waals surface area contributed by atoms with E-state index in [1.807, 2.05) is 30.3 Å². The highest BCUT2D eigenvalue weighted by molar-refractivity contribution is 6.40. The van der Waals surface area contributed by atoms with Gasteiger partial charge in [0.25, 0.3) is 5.91 Å². The van der Waals surface area contributed by atoms with Gasteiger partial charge < -0.3 is 10.5 Å². The second-order valence-electron chi connectivity index (χ2n) is 5.78. The molecule has 2 N–H and O–H groups in total. The molecule has 2 aromatic carbocycles. The molecule has 2 aromatic rings. The molecule has 6 nitrogen and oxygen atoms in total. The van der Waals surface area contributed by atoms with E-state index < -0.39 is 17.2 Å². The monoisotopic (exact) mass is 340 g/mol. The quantitative estimate of drug-likeness (QED) is 0.585. The summed E-state index contributed by atoms with van der Waals surface area (Å²) in [6.45, 7) is 1.52. The fraction of sp³-hybridized carbons (Fsp3) is 0.211. The van der Waals surface area contributed by atoms with Crippen LogP contribution in [0.25, 0.3) is 0 Å². The van der Waals surface area contributed by atoms with Crippen LogP contribution in [-0.4, -0.2) is 30.7 Å². The van der Waals surface area contributed by atoms with Gasteiger partial charge in [-0.05, 0) is 24.6 Å². The number of nitrogens with zero attached hydrogens (tertiary/aromatic N) is 1. The van der Waals surface area contributed by atoms with Crippen molar-refractivity contribution < 1.29 is 19.1 Å². The molecular weight excluding hydrogens is 320 g/mol. The highest BCUT2D eigenvalue weighted by Gasteiger charge is 2.43. The molecule has 130 valence electrons. The molecule has 1 atom stereocenters. The van der Waals surface area contributed by atoms with Crippen LogP contribution < -0.4 is 15.4 Å². The molecule has 0 heterocycles. The van der Waals surface area contributed by atoms with E-state index in [-0.39, 0.29) is 6.42 Å². The van der Waals surface area contributed by atoms with Crippen LogP contribution >= 0.6 is 0 Å². The predicted molar refractivity (Wildman–Crippen MR) is 94.3 cm³/mol. The smallest absolute Gasteiger partial charge is 0.287 e. The lowest BCUT2D eigenvalue weighted by Crippen LogP contribution is -2.57. The maximum atomic E-state index is 12.6. The van der Waals surface area contributed by atoms with E-state index in [0.29, 0.717) is 17.8 Å². The molecular formula is C19H20N2O4. The van der Waals surface area contributed by atoms with E-state index in [1.54, 1.807) is 24.3 Å². The SMILES string of the molecule is COc1ccccc1N(C=O)C(C)(Cc1ccccc1)C(=O)C(N)=O. The van der Waals surface area contributed by atoms with Gasteiger partial charge in [-0.1, -0.05) is 42.5 Å². The minimum Gasteiger partial charge on any atom is -0.495 e. The van der Waals surface area contributed by atoms with Crippen molar-refractivity contribution in [3.63, 3.8) is 0 Å². The molecule has 25 heavy (non-hydrogen) atoms. The van der Waals surface area contributed by atoms with Crippen molar-refractivity contribution in [1.82, 2.24) is 0 Å². The number of hydrogen-bond donors (Lipinski definition) is 1. The molecule has 0 saturated heterocycles. The summed E-state index contributed by atoms with van der Waals surface area (Å²) in [5.74, 6) is -1.54. The minimum absolute atomic E-state index is 0.131. The zero-order chi connectivity index (χ0) is 18.4. The number of anilines is 1. The van der Waals surface area contributed by atoms with Crippen molar-refractivity contribution in [1.29, 1.82) is 0 Å². The first-order valence-electron chi connectivity index (χ1n) is 7.70. The second-order valence-corrected chi connectivity index (χ2v) is 5.78. The van der Waals surface area contributed by atoms with Crippen LogP contribution in [0.5, 0.6) is 5.75 Å². The highest BCUT2D eigenvalue weighted by Crippen LogP contribution is 2.34. The van der Waals surface area contributed by atoms with E-state index >= 15 is 0 Å². The molecule has 0 aliphatic heterocycles. The van der Waals surface area contributed by atoms with Crippen LogP contribution in [0.3, 0.4) is 0 Å². The Morgan fingerprint density at radius 2 is 1.72 bits per heavy atom. The fourth-order valence-electron chi connectivity index (χ4n) is 2.80. The van der Waals surface area contributed by atoms with Crippen LogP contribution in [0, 0.1) is 0 Å². The topological polar surface area (TPSA) is 89.7 Å². The maximum Gasteiger partial charge on any atom is 0.287 e. The molecule has 0 aliphatic carbocycles. The number of carbonyl (C=O) groups excluding carboxylic acids is 3. The van der Waals surface area contributed by atoms with Crippen molar-refractivity contribution in [2.75, 3.05) is 12.0 Å². The summed E-state index contributed by atoms with van der Waals surface area (Å²) < 4.78 is 5.29. The van der Waals surface area contributed by atoms with Gasteiger partial charge in [-0.25, -0.2) is 0 Å². The third-order valence-electron chi connectivity index (χ3n) is 4.09. The van der Waals surface area contributed by atoms with Gasteiger partial charge in [0.05, 0.1) is 12.8 Å². The Bertz CT molecular complexity index is 776. The number of hydrogen-bond acceptors (Lipinski definition) is 4. The van der Waals surface area contributed by atoms with Crippen molar-refractivity contribution in [3.05, 3.63) is 60.2 Å². The van der Waals surface area contributed by atoms with Gasteiger partial charge in [0.2, 0.25) is 12.2 Å². The lowest BCUT2D eigenvalue weighted by atomic mass is 9.86. The van der Waals surface area contributed by atoms with E-state index in [2.05, 4.69) is 0 Å². The van der Waals surface area contributed by atoms with Gasteiger partial charge in [0.15, 0.2) is 0 Å². The van der Waals surface area contributed by atoms with Gasteiger partial charge in [-0.2, -0.15) is 0 Å². The number of ketones is 1. The molecule has 0 radical (unpaired) electrons. The number of para-hydroxylation sites is 2.